The van der Waals surface area contributed by atoms with Crippen LogP contribution in [0.3, 0.4) is 0 Å². The van der Waals surface area contributed by atoms with E-state index in [1.807, 2.05) is 33.7 Å². The number of carbonyl (C=O) groups is 4. The van der Waals surface area contributed by atoms with Gasteiger partial charge in [-0.1, -0.05) is 6.07 Å². The van der Waals surface area contributed by atoms with E-state index in [0.717, 1.165) is 18.2 Å². The number of nitrogens with one attached hydrogen (secondary N) is 2. The number of carbonyl (C=O) groups excluding carboxylic acids is 4. The molecule has 2 aliphatic heterocycles. The van der Waals surface area contributed by atoms with Crippen LogP contribution in [0.5, 0.6) is 0 Å². The van der Waals surface area contributed by atoms with Crippen molar-refractivity contribution in [1.29, 1.82) is 21.0 Å². The summed E-state index contributed by atoms with van der Waals surface area (Å²) in [4.78, 5) is 59.8. The van der Waals surface area contributed by atoms with Gasteiger partial charge in [0.25, 0.3) is 32.9 Å². The van der Waals surface area contributed by atoms with Crippen LogP contribution in [-0.4, -0.2) is 89.9 Å². The molecule has 4 aromatic rings. The molecule has 0 aliphatic carbocycles. The molecule has 4 heterocycles. The van der Waals surface area contributed by atoms with Crippen LogP contribution < -0.4 is 19.2 Å². The van der Waals surface area contributed by atoms with Crippen LogP contribution in [0, 0.1) is 57.2 Å². The number of aromatic nitrogens is 2. The highest BCUT2D eigenvalue weighted by atomic mass is 32.2. The fourth-order valence-corrected chi connectivity index (χ4v) is 9.59. The molecule has 376 valence electrons. The van der Waals surface area contributed by atoms with Crippen molar-refractivity contribution in [2.45, 2.75) is 62.2 Å². The second-order valence-corrected chi connectivity index (χ2v) is 19.0. The maximum absolute atomic E-state index is 13.6. The number of ether oxygens (including phenoxy) is 2. The minimum Gasteiger partial charge on any atom is -0.462 e. The average molecular weight is 1040 g/mol. The first-order chi connectivity index (χ1) is 34.2. The Morgan fingerprint density at radius 3 is 1.38 bits per heavy atom. The highest BCUT2D eigenvalue weighted by molar-refractivity contribution is 7.90. The van der Waals surface area contributed by atoms with Gasteiger partial charge in [-0.15, -0.1) is 0 Å². The molecular weight excluding hydrogens is 993 g/mol. The number of amides is 2. The van der Waals surface area contributed by atoms with Gasteiger partial charge in [0, 0.05) is 38.0 Å². The molecule has 2 fully saturated rings. The fourth-order valence-electron chi connectivity index (χ4n) is 7.46. The molecule has 2 aliphatic rings. The van der Waals surface area contributed by atoms with Gasteiger partial charge < -0.3 is 19.3 Å². The van der Waals surface area contributed by atoms with Crippen LogP contribution in [0.2, 0.25) is 0 Å². The van der Waals surface area contributed by atoms with E-state index in [0.29, 0.717) is 0 Å². The summed E-state index contributed by atoms with van der Waals surface area (Å²) in [5.74, 6) is -4.98. The van der Waals surface area contributed by atoms with Crippen molar-refractivity contribution >= 4 is 55.4 Å². The lowest BCUT2D eigenvalue weighted by Crippen LogP contribution is -2.43. The predicted octanol–water partition coefficient (Wildman–Crippen LogP) is 5.32. The molecule has 0 unspecified atom stereocenters. The summed E-state index contributed by atoms with van der Waals surface area (Å²) < 4.78 is 118. The molecule has 0 saturated carbocycles. The van der Waals surface area contributed by atoms with Gasteiger partial charge in [0.2, 0.25) is 11.8 Å². The molecule has 2 aromatic carbocycles. The van der Waals surface area contributed by atoms with Gasteiger partial charge in [0.15, 0.2) is 0 Å². The average Bonchev–Trinajstić information content (AvgIpc) is 3.37. The summed E-state index contributed by atoms with van der Waals surface area (Å²) in [6.45, 7) is 3.49. The summed E-state index contributed by atoms with van der Waals surface area (Å²) in [6, 6.07) is 19.7. The number of piperidine rings is 2. The van der Waals surface area contributed by atoms with Crippen LogP contribution in [0.25, 0.3) is 0 Å². The Kier molecular flexibility index (Phi) is 18.3. The molecule has 2 saturated heterocycles. The predicted molar refractivity (Wildman–Crippen MR) is 243 cm³/mol. The van der Waals surface area contributed by atoms with Gasteiger partial charge in [0.1, 0.15) is 35.2 Å². The SMILES string of the molecule is CCOC(=O)c1cc(C#N)c(N2CCC(C(=O)NS(=O)(=O)c3ccc(C#N)cc3)CC2)nc1C(F)F.CCOC(=O)c1cc(C#N)c(N2CCC(C(=O)NS(=O)(=O)c3cccc(C#N)c3)CC2)nc1C(F)F. The van der Waals surface area contributed by atoms with Crippen LogP contribution in [0.15, 0.2) is 70.5 Å². The number of alkyl halides is 4. The topological polar surface area (TPSA) is 306 Å². The number of rotatable bonds is 14. The number of hydrogen-bond acceptors (Lipinski definition) is 18. The van der Waals surface area contributed by atoms with Crippen molar-refractivity contribution in [2.75, 3.05) is 49.2 Å². The van der Waals surface area contributed by atoms with Gasteiger partial charge in [0.05, 0.1) is 68.5 Å². The fraction of sp³-hybridized carbons (Fsp3) is 0.348. The van der Waals surface area contributed by atoms with Crippen molar-refractivity contribution in [3.8, 4) is 24.3 Å². The standard InChI is InChI=1S/2C23H21F2N5O5S/c1-2-35-23(32)18-11-16(13-27)21(28-19(18)20(24)25)30-9-7-15(8-10-30)22(31)29-36(33,34)17-5-3-14(12-26)4-6-17;1-2-35-23(32)18-11-16(13-27)21(28-19(18)20(24)25)30-8-6-15(7-9-30)22(31)29-36(33,34)17-5-3-4-14(10-17)12-26/h3-6,11,15,20H,2,7-10H2,1H3,(H,29,31);3-5,10-11,15,20H,2,6-9H2,1H3,(H,29,31). The van der Waals surface area contributed by atoms with Crippen molar-refractivity contribution < 1.29 is 63.0 Å². The normalized spacial score (nSPS) is 14.1. The van der Waals surface area contributed by atoms with E-state index >= 15 is 0 Å². The largest absolute Gasteiger partial charge is 0.462 e. The number of sulfonamides is 2. The molecule has 0 bridgehead atoms. The highest BCUT2D eigenvalue weighted by Gasteiger charge is 2.34. The molecule has 0 spiro atoms. The third-order valence-electron chi connectivity index (χ3n) is 11.1. The maximum atomic E-state index is 13.6. The molecular formula is C46H42F4N10O10S2. The maximum Gasteiger partial charge on any atom is 0.340 e. The first-order valence-electron chi connectivity index (χ1n) is 21.7. The Morgan fingerprint density at radius 1 is 0.611 bits per heavy atom. The number of nitriles is 4. The number of pyridine rings is 2. The molecule has 2 aromatic heterocycles. The monoisotopic (exact) mass is 1030 g/mol. The van der Waals surface area contributed by atoms with Crippen LogP contribution in [0.4, 0.5) is 29.2 Å². The van der Waals surface area contributed by atoms with Crippen molar-refractivity contribution in [3.63, 3.8) is 0 Å². The lowest BCUT2D eigenvalue weighted by molar-refractivity contribution is -0.124. The van der Waals surface area contributed by atoms with E-state index in [-0.39, 0.29) is 109 Å². The molecule has 0 radical (unpaired) electrons. The molecule has 72 heavy (non-hydrogen) atoms. The molecule has 6 rings (SSSR count). The molecule has 0 atom stereocenters. The van der Waals surface area contributed by atoms with Crippen LogP contribution in [0.1, 0.15) is 107 Å². The summed E-state index contributed by atoms with van der Waals surface area (Å²) in [7, 11) is -8.35. The summed E-state index contributed by atoms with van der Waals surface area (Å²) in [5.41, 5.74) is -2.43. The second kappa shape index (κ2) is 24.1. The highest BCUT2D eigenvalue weighted by Crippen LogP contribution is 2.33. The number of anilines is 2. The number of nitrogens with zero attached hydrogens (tertiary/aromatic N) is 8. The molecule has 26 heteroatoms. The summed E-state index contributed by atoms with van der Waals surface area (Å²) in [5, 5.41) is 36.8. The van der Waals surface area contributed by atoms with E-state index in [2.05, 4.69) is 9.97 Å². The van der Waals surface area contributed by atoms with Crippen molar-refractivity contribution in [2.24, 2.45) is 11.8 Å². The van der Waals surface area contributed by atoms with Gasteiger partial charge in [-0.05, 0) is 94.1 Å². The minimum atomic E-state index is -4.20. The first kappa shape index (κ1) is 54.7. The molecule has 2 amide bonds. The number of halogens is 4. The number of hydrogen-bond donors (Lipinski definition) is 2. The van der Waals surface area contributed by atoms with Gasteiger partial charge in [-0.2, -0.15) is 21.0 Å². The lowest BCUT2D eigenvalue weighted by atomic mass is 9.96. The van der Waals surface area contributed by atoms with E-state index in [9.17, 15) is 64.1 Å². The second-order valence-electron chi connectivity index (χ2n) is 15.6. The van der Waals surface area contributed by atoms with Crippen molar-refractivity contribution in [3.05, 3.63) is 105 Å². The van der Waals surface area contributed by atoms with E-state index < -0.39 is 91.0 Å². The Labute approximate surface area is 410 Å². The first-order valence-corrected chi connectivity index (χ1v) is 24.6. The quantitative estimate of drug-likeness (QED) is 0.119. The van der Waals surface area contributed by atoms with E-state index in [1.165, 1.54) is 66.1 Å². The lowest BCUT2D eigenvalue weighted by Gasteiger charge is -2.33. The van der Waals surface area contributed by atoms with Gasteiger partial charge >= 0.3 is 11.9 Å². The third-order valence-corrected chi connectivity index (χ3v) is 13.8. The minimum absolute atomic E-state index is 0.0401. The smallest absolute Gasteiger partial charge is 0.340 e. The Balaban J connectivity index is 0.000000267. The zero-order chi connectivity index (χ0) is 52.9. The number of benzene rings is 2. The summed E-state index contributed by atoms with van der Waals surface area (Å²) >= 11 is 0. The van der Waals surface area contributed by atoms with Gasteiger partial charge in [-0.25, -0.2) is 63.4 Å². The van der Waals surface area contributed by atoms with Crippen LogP contribution >= 0.6 is 0 Å². The Morgan fingerprint density at radius 2 is 1.01 bits per heavy atom. The Hall–Kier alpha value is -8.20. The number of esters is 2. The van der Waals surface area contributed by atoms with Crippen molar-refractivity contribution in [1.82, 2.24) is 19.4 Å². The molecule has 20 nitrogen and oxygen atoms in total. The Bertz CT molecular complexity index is 3120. The third kappa shape index (κ3) is 13.2. The van der Waals surface area contributed by atoms with E-state index in [4.69, 9.17) is 20.0 Å². The zero-order valence-electron chi connectivity index (χ0n) is 38.1. The van der Waals surface area contributed by atoms with Gasteiger partial charge in [-0.3, -0.25) is 9.59 Å². The van der Waals surface area contributed by atoms with E-state index in [1.54, 1.807) is 0 Å². The molecule has 2 N–H and O–H groups in total. The van der Waals surface area contributed by atoms with Crippen LogP contribution in [-0.2, 0) is 39.1 Å². The summed E-state index contributed by atoms with van der Waals surface area (Å²) in [6.07, 6.45) is -5.52. The zero-order valence-corrected chi connectivity index (χ0v) is 39.8.